The summed E-state index contributed by atoms with van der Waals surface area (Å²) in [4.78, 5) is 12.3. The van der Waals surface area contributed by atoms with E-state index in [4.69, 9.17) is 16.3 Å². The number of urea groups is 1. The number of amides is 2. The number of carbonyl (C=O) groups excluding carboxylic acids is 1. The lowest BCUT2D eigenvalue weighted by Crippen LogP contribution is -2.33. The number of halogens is 1. The summed E-state index contributed by atoms with van der Waals surface area (Å²) in [5.41, 5.74) is 1.71. The molecule has 2 aromatic carbocycles. The molecule has 0 aliphatic carbocycles. The maximum atomic E-state index is 12.3. The Labute approximate surface area is 148 Å². The van der Waals surface area contributed by atoms with Gasteiger partial charge < -0.3 is 15.4 Å². The normalized spacial score (nSPS) is 11.9. The first-order valence-electron chi connectivity index (χ1n) is 7.95. The third-order valence-corrected chi connectivity index (χ3v) is 3.85. The van der Waals surface area contributed by atoms with Crippen molar-refractivity contribution in [3.05, 3.63) is 59.1 Å². The van der Waals surface area contributed by atoms with E-state index in [1.165, 1.54) is 0 Å². The maximum Gasteiger partial charge on any atom is 0.319 e. The lowest BCUT2D eigenvalue weighted by molar-refractivity contribution is 0.246. The highest BCUT2D eigenvalue weighted by Crippen LogP contribution is 2.24. The van der Waals surface area contributed by atoms with Gasteiger partial charge in [-0.15, -0.1) is 0 Å². The van der Waals surface area contributed by atoms with E-state index in [1.807, 2.05) is 24.3 Å². The van der Waals surface area contributed by atoms with E-state index in [0.717, 1.165) is 17.7 Å². The van der Waals surface area contributed by atoms with Gasteiger partial charge in [-0.3, -0.25) is 0 Å². The van der Waals surface area contributed by atoms with E-state index >= 15 is 0 Å². The number of ether oxygens (including phenoxy) is 1. The van der Waals surface area contributed by atoms with Crippen molar-refractivity contribution in [2.24, 2.45) is 5.92 Å². The number of hydrogen-bond acceptors (Lipinski definition) is 2. The Morgan fingerprint density at radius 2 is 1.88 bits per heavy atom. The quantitative estimate of drug-likeness (QED) is 0.749. The molecule has 1 atom stereocenters. The van der Waals surface area contributed by atoms with Crippen LogP contribution in [0.4, 0.5) is 10.5 Å². The predicted octanol–water partition coefficient (Wildman–Crippen LogP) is 5.26. The monoisotopic (exact) mass is 346 g/mol. The molecule has 24 heavy (non-hydrogen) atoms. The summed E-state index contributed by atoms with van der Waals surface area (Å²) >= 11 is 5.94. The molecule has 2 aromatic rings. The van der Waals surface area contributed by atoms with Crippen LogP contribution in [0.1, 0.15) is 31.9 Å². The second-order valence-corrected chi connectivity index (χ2v) is 6.50. The molecule has 0 aromatic heterocycles. The average Bonchev–Trinajstić information content (AvgIpc) is 2.54. The molecule has 0 bridgehead atoms. The number of carbonyl (C=O) groups is 1. The van der Waals surface area contributed by atoms with E-state index in [1.54, 1.807) is 31.4 Å². The molecule has 0 aliphatic heterocycles. The Morgan fingerprint density at radius 3 is 2.46 bits per heavy atom. The number of hydrogen-bond donors (Lipinski definition) is 2. The summed E-state index contributed by atoms with van der Waals surface area (Å²) in [7, 11) is 1.64. The van der Waals surface area contributed by atoms with Crippen LogP contribution in [0.15, 0.2) is 48.5 Å². The summed E-state index contributed by atoms with van der Waals surface area (Å²) < 4.78 is 5.19. The summed E-state index contributed by atoms with van der Waals surface area (Å²) in [5.74, 6) is 1.24. The number of methoxy groups -OCH3 is 1. The van der Waals surface area contributed by atoms with Crippen LogP contribution in [0, 0.1) is 5.92 Å². The Kier molecular flexibility index (Phi) is 6.50. The van der Waals surface area contributed by atoms with E-state index in [2.05, 4.69) is 24.5 Å². The molecule has 5 heteroatoms. The Morgan fingerprint density at radius 1 is 1.17 bits per heavy atom. The summed E-state index contributed by atoms with van der Waals surface area (Å²) in [6.07, 6.45) is 0.843. The molecule has 2 N–H and O–H groups in total. The van der Waals surface area contributed by atoms with Gasteiger partial charge in [0.25, 0.3) is 0 Å². The zero-order valence-corrected chi connectivity index (χ0v) is 14.9. The fourth-order valence-electron chi connectivity index (χ4n) is 2.48. The number of anilines is 1. The van der Waals surface area contributed by atoms with Gasteiger partial charge in [-0.1, -0.05) is 43.6 Å². The van der Waals surface area contributed by atoms with Gasteiger partial charge in [0.2, 0.25) is 0 Å². The van der Waals surface area contributed by atoms with Gasteiger partial charge in [-0.25, -0.2) is 4.79 Å². The number of rotatable bonds is 6. The van der Waals surface area contributed by atoms with Gasteiger partial charge in [-0.05, 0) is 48.2 Å². The molecule has 4 nitrogen and oxygen atoms in total. The predicted molar refractivity (Wildman–Crippen MR) is 98.8 cm³/mol. The van der Waals surface area contributed by atoms with Crippen molar-refractivity contribution in [3.8, 4) is 5.75 Å². The molecule has 0 fully saturated rings. The second-order valence-electron chi connectivity index (χ2n) is 6.06. The first kappa shape index (κ1) is 18.1. The Balaban J connectivity index is 2.08. The van der Waals surface area contributed by atoms with Crippen LogP contribution in [0.3, 0.4) is 0 Å². The molecule has 2 rings (SSSR count). The van der Waals surface area contributed by atoms with Crippen LogP contribution in [0.25, 0.3) is 0 Å². The van der Waals surface area contributed by atoms with E-state index in [9.17, 15) is 4.79 Å². The smallest absolute Gasteiger partial charge is 0.319 e. The van der Waals surface area contributed by atoms with Crippen molar-refractivity contribution in [2.45, 2.75) is 26.3 Å². The standard InChI is InChI=1S/C19H23ClN2O2/c1-13(2)11-18(14-7-9-17(24-3)10-8-14)22-19(23)21-16-6-4-5-15(20)12-16/h4-10,12-13,18H,11H2,1-3H3,(H2,21,22,23)/t18-/m1/s1. The molecular weight excluding hydrogens is 324 g/mol. The van der Waals surface area contributed by atoms with Crippen LogP contribution < -0.4 is 15.4 Å². The fraction of sp³-hybridized carbons (Fsp3) is 0.316. The summed E-state index contributed by atoms with van der Waals surface area (Å²) in [6.45, 7) is 4.26. The van der Waals surface area contributed by atoms with Gasteiger partial charge in [0.05, 0.1) is 13.2 Å². The highest BCUT2D eigenvalue weighted by Gasteiger charge is 2.16. The third-order valence-electron chi connectivity index (χ3n) is 3.61. The lowest BCUT2D eigenvalue weighted by Gasteiger charge is -2.21. The second kappa shape index (κ2) is 8.60. The SMILES string of the molecule is COc1ccc([C@@H](CC(C)C)NC(=O)Nc2cccc(Cl)c2)cc1. The summed E-state index contributed by atoms with van der Waals surface area (Å²) in [5, 5.41) is 6.44. The molecule has 0 saturated carbocycles. The number of nitrogens with one attached hydrogen (secondary N) is 2. The minimum Gasteiger partial charge on any atom is -0.497 e. The topological polar surface area (TPSA) is 50.4 Å². The van der Waals surface area contributed by atoms with Gasteiger partial charge in [0.15, 0.2) is 0 Å². The zero-order valence-electron chi connectivity index (χ0n) is 14.2. The minimum absolute atomic E-state index is 0.0740. The fourth-order valence-corrected chi connectivity index (χ4v) is 2.67. The highest BCUT2D eigenvalue weighted by atomic mass is 35.5. The lowest BCUT2D eigenvalue weighted by atomic mass is 9.97. The average molecular weight is 347 g/mol. The molecule has 0 spiro atoms. The molecule has 0 unspecified atom stereocenters. The first-order chi connectivity index (χ1) is 11.5. The minimum atomic E-state index is -0.251. The third kappa shape index (κ3) is 5.46. The number of benzene rings is 2. The van der Waals surface area contributed by atoms with Crippen LogP contribution in [0.2, 0.25) is 5.02 Å². The molecule has 0 aliphatic rings. The van der Waals surface area contributed by atoms with Crippen molar-refractivity contribution in [1.29, 1.82) is 0 Å². The first-order valence-corrected chi connectivity index (χ1v) is 8.32. The van der Waals surface area contributed by atoms with Crippen molar-refractivity contribution >= 4 is 23.3 Å². The van der Waals surface area contributed by atoms with Crippen LogP contribution >= 0.6 is 11.6 Å². The van der Waals surface area contributed by atoms with Crippen LogP contribution in [-0.2, 0) is 0 Å². The van der Waals surface area contributed by atoms with Crippen LogP contribution in [0.5, 0.6) is 5.75 Å². The zero-order chi connectivity index (χ0) is 17.5. The van der Waals surface area contributed by atoms with Crippen molar-refractivity contribution in [1.82, 2.24) is 5.32 Å². The summed E-state index contributed by atoms with van der Waals surface area (Å²) in [6, 6.07) is 14.5. The molecule has 0 radical (unpaired) electrons. The molecular formula is C19H23ClN2O2. The molecule has 0 saturated heterocycles. The Bertz CT molecular complexity index is 671. The highest BCUT2D eigenvalue weighted by molar-refractivity contribution is 6.30. The van der Waals surface area contributed by atoms with E-state index < -0.39 is 0 Å². The van der Waals surface area contributed by atoms with Gasteiger partial charge in [0, 0.05) is 10.7 Å². The molecule has 2 amide bonds. The largest absolute Gasteiger partial charge is 0.497 e. The van der Waals surface area contributed by atoms with Crippen molar-refractivity contribution in [3.63, 3.8) is 0 Å². The molecule has 128 valence electrons. The van der Waals surface area contributed by atoms with Crippen LogP contribution in [-0.4, -0.2) is 13.1 Å². The van der Waals surface area contributed by atoms with Gasteiger partial charge in [-0.2, -0.15) is 0 Å². The molecule has 0 heterocycles. The Hall–Kier alpha value is -2.20. The maximum absolute atomic E-state index is 12.3. The van der Waals surface area contributed by atoms with E-state index in [0.29, 0.717) is 16.6 Å². The van der Waals surface area contributed by atoms with Gasteiger partial charge in [0.1, 0.15) is 5.75 Å². The van der Waals surface area contributed by atoms with Gasteiger partial charge >= 0.3 is 6.03 Å². The van der Waals surface area contributed by atoms with Crippen molar-refractivity contribution in [2.75, 3.05) is 12.4 Å². The van der Waals surface area contributed by atoms with Crippen molar-refractivity contribution < 1.29 is 9.53 Å². The van der Waals surface area contributed by atoms with E-state index in [-0.39, 0.29) is 12.1 Å².